The molecule has 0 bridgehead atoms. The molecule has 1 aromatic heterocycles. The molecule has 18 heavy (non-hydrogen) atoms. The van der Waals surface area contributed by atoms with E-state index in [4.69, 9.17) is 10.5 Å². The van der Waals surface area contributed by atoms with Gasteiger partial charge in [0.2, 0.25) is 0 Å². The molecule has 94 valence electrons. The van der Waals surface area contributed by atoms with Crippen LogP contribution in [-0.4, -0.2) is 9.55 Å². The van der Waals surface area contributed by atoms with Crippen LogP contribution in [0.3, 0.4) is 0 Å². The van der Waals surface area contributed by atoms with Gasteiger partial charge in [0.1, 0.15) is 5.75 Å². The molecule has 0 spiro atoms. The molecule has 0 aliphatic rings. The zero-order valence-corrected chi connectivity index (χ0v) is 10.3. The molecule has 0 saturated carbocycles. The van der Waals surface area contributed by atoms with Crippen LogP contribution in [0, 0.1) is 0 Å². The van der Waals surface area contributed by atoms with Gasteiger partial charge in [0.05, 0.1) is 0 Å². The fraction of sp³-hybridized carbons (Fsp3) is 0.231. The summed E-state index contributed by atoms with van der Waals surface area (Å²) in [6.07, 6.45) is 3.19. The van der Waals surface area contributed by atoms with Crippen LogP contribution >= 0.6 is 0 Å². The number of nitrogens with zero attached hydrogens (tertiary/aromatic N) is 2. The van der Waals surface area contributed by atoms with Gasteiger partial charge < -0.3 is 15.0 Å². The number of rotatable bonds is 3. The van der Waals surface area contributed by atoms with Crippen LogP contribution in [0.2, 0.25) is 0 Å². The van der Waals surface area contributed by atoms with Crippen LogP contribution in [-0.2, 0) is 0 Å². The first-order valence-corrected chi connectivity index (χ1v) is 5.68. The highest BCUT2D eigenvalue weighted by Gasteiger charge is 2.09. The summed E-state index contributed by atoms with van der Waals surface area (Å²) in [4.78, 5) is 16.0. The highest BCUT2D eigenvalue weighted by atomic mass is 16.5. The van der Waals surface area contributed by atoms with Crippen LogP contribution in [0.5, 0.6) is 11.6 Å². The van der Waals surface area contributed by atoms with Crippen molar-refractivity contribution in [2.24, 2.45) is 0 Å². The maximum atomic E-state index is 12.0. The van der Waals surface area contributed by atoms with E-state index in [0.717, 1.165) is 0 Å². The Morgan fingerprint density at radius 2 is 1.94 bits per heavy atom. The predicted molar refractivity (Wildman–Crippen MR) is 69.8 cm³/mol. The van der Waals surface area contributed by atoms with Crippen LogP contribution < -0.4 is 16.0 Å². The first-order chi connectivity index (χ1) is 8.58. The first-order valence-electron chi connectivity index (χ1n) is 5.68. The summed E-state index contributed by atoms with van der Waals surface area (Å²) in [7, 11) is 0. The SMILES string of the molecule is CC(C)n1ccnc(Oc2ccc(N)cc2)c1=O. The maximum absolute atomic E-state index is 12.0. The minimum absolute atomic E-state index is 0.0641. The van der Waals surface area contributed by atoms with E-state index in [1.165, 1.54) is 0 Å². The summed E-state index contributed by atoms with van der Waals surface area (Å²) in [5.41, 5.74) is 5.97. The summed E-state index contributed by atoms with van der Waals surface area (Å²) in [5.74, 6) is 0.603. The second-order valence-corrected chi connectivity index (χ2v) is 4.21. The summed E-state index contributed by atoms with van der Waals surface area (Å²) < 4.78 is 7.02. The van der Waals surface area contributed by atoms with E-state index in [1.54, 1.807) is 41.2 Å². The Morgan fingerprint density at radius 1 is 1.28 bits per heavy atom. The second kappa shape index (κ2) is 4.91. The zero-order valence-electron chi connectivity index (χ0n) is 10.3. The lowest BCUT2D eigenvalue weighted by Gasteiger charge is -2.10. The van der Waals surface area contributed by atoms with E-state index in [0.29, 0.717) is 11.4 Å². The lowest BCUT2D eigenvalue weighted by Crippen LogP contribution is -2.23. The topological polar surface area (TPSA) is 70.1 Å². The molecule has 5 nitrogen and oxygen atoms in total. The molecule has 2 rings (SSSR count). The van der Waals surface area contributed by atoms with Crippen LogP contribution in [0.15, 0.2) is 41.5 Å². The van der Waals surface area contributed by atoms with Gasteiger partial charge in [-0.2, -0.15) is 0 Å². The lowest BCUT2D eigenvalue weighted by molar-refractivity contribution is 0.437. The number of anilines is 1. The quantitative estimate of drug-likeness (QED) is 0.841. The van der Waals surface area contributed by atoms with Gasteiger partial charge in [-0.05, 0) is 38.1 Å². The van der Waals surface area contributed by atoms with Gasteiger partial charge in [0.25, 0.3) is 5.88 Å². The molecule has 0 unspecified atom stereocenters. The largest absolute Gasteiger partial charge is 0.435 e. The van der Waals surface area contributed by atoms with E-state index < -0.39 is 0 Å². The number of aromatic nitrogens is 2. The van der Waals surface area contributed by atoms with Crippen molar-refractivity contribution < 1.29 is 4.74 Å². The number of benzene rings is 1. The van der Waals surface area contributed by atoms with Crippen molar-refractivity contribution in [2.45, 2.75) is 19.9 Å². The minimum Gasteiger partial charge on any atom is -0.435 e. The van der Waals surface area contributed by atoms with Crippen molar-refractivity contribution >= 4 is 5.69 Å². The van der Waals surface area contributed by atoms with Crippen LogP contribution in [0.4, 0.5) is 5.69 Å². The van der Waals surface area contributed by atoms with Crippen molar-refractivity contribution in [2.75, 3.05) is 5.73 Å². The monoisotopic (exact) mass is 245 g/mol. The third kappa shape index (κ3) is 2.51. The van der Waals surface area contributed by atoms with Gasteiger partial charge in [-0.3, -0.25) is 4.79 Å². The maximum Gasteiger partial charge on any atom is 0.313 e. The number of hydrogen-bond acceptors (Lipinski definition) is 4. The molecule has 0 radical (unpaired) electrons. The normalized spacial score (nSPS) is 10.6. The van der Waals surface area contributed by atoms with Gasteiger partial charge in [0, 0.05) is 24.1 Å². The molecule has 0 aliphatic carbocycles. The predicted octanol–water partition coefficient (Wildman–Crippen LogP) is 2.20. The zero-order chi connectivity index (χ0) is 13.1. The van der Waals surface area contributed by atoms with Gasteiger partial charge in [-0.15, -0.1) is 0 Å². The van der Waals surface area contributed by atoms with Crippen LogP contribution in [0.1, 0.15) is 19.9 Å². The average Bonchev–Trinajstić information content (AvgIpc) is 2.34. The fourth-order valence-electron chi connectivity index (χ4n) is 1.53. The van der Waals surface area contributed by atoms with Gasteiger partial charge in [-0.25, -0.2) is 4.98 Å². The molecule has 1 heterocycles. The Hall–Kier alpha value is -2.30. The van der Waals surface area contributed by atoms with E-state index >= 15 is 0 Å². The Bertz CT molecular complexity index is 588. The van der Waals surface area contributed by atoms with Crippen molar-refractivity contribution in [3.05, 3.63) is 47.0 Å². The minimum atomic E-state index is -0.246. The van der Waals surface area contributed by atoms with Crippen molar-refractivity contribution in [1.82, 2.24) is 9.55 Å². The molecular formula is C13H15N3O2. The Balaban J connectivity index is 2.32. The Morgan fingerprint density at radius 3 is 2.56 bits per heavy atom. The second-order valence-electron chi connectivity index (χ2n) is 4.21. The molecule has 5 heteroatoms. The van der Waals surface area contributed by atoms with Crippen LogP contribution in [0.25, 0.3) is 0 Å². The molecule has 0 fully saturated rings. The summed E-state index contributed by atoms with van der Waals surface area (Å²) in [5, 5.41) is 0. The van der Waals surface area contributed by atoms with Crippen molar-refractivity contribution in [1.29, 1.82) is 0 Å². The summed E-state index contributed by atoms with van der Waals surface area (Å²) in [6.45, 7) is 3.85. The molecule has 0 atom stereocenters. The first kappa shape index (κ1) is 12.2. The van der Waals surface area contributed by atoms with E-state index in [2.05, 4.69) is 4.98 Å². The fourth-order valence-corrected chi connectivity index (χ4v) is 1.53. The number of nitrogen functional groups attached to an aromatic ring is 1. The average molecular weight is 245 g/mol. The van der Waals surface area contributed by atoms with Crippen molar-refractivity contribution in [3.8, 4) is 11.6 Å². The smallest absolute Gasteiger partial charge is 0.313 e. The molecule has 0 aliphatic heterocycles. The van der Waals surface area contributed by atoms with E-state index in [-0.39, 0.29) is 17.5 Å². The van der Waals surface area contributed by atoms with Crippen molar-refractivity contribution in [3.63, 3.8) is 0 Å². The number of hydrogen-bond donors (Lipinski definition) is 1. The van der Waals surface area contributed by atoms with Gasteiger partial charge in [-0.1, -0.05) is 0 Å². The molecule has 0 amide bonds. The molecule has 2 aromatic rings. The summed E-state index contributed by atoms with van der Waals surface area (Å²) >= 11 is 0. The van der Waals surface area contributed by atoms with E-state index in [1.807, 2.05) is 13.8 Å². The molecule has 1 aromatic carbocycles. The van der Waals surface area contributed by atoms with Gasteiger partial charge in [0.15, 0.2) is 0 Å². The number of nitrogens with two attached hydrogens (primary N) is 1. The molecular weight excluding hydrogens is 230 g/mol. The Labute approximate surface area is 105 Å². The third-order valence-electron chi connectivity index (χ3n) is 2.49. The summed E-state index contributed by atoms with van der Waals surface area (Å²) in [6, 6.07) is 6.87. The Kier molecular flexibility index (Phi) is 3.32. The molecule has 0 saturated heterocycles. The number of ether oxygens (including phenoxy) is 1. The van der Waals surface area contributed by atoms with E-state index in [9.17, 15) is 4.79 Å². The standard InChI is InChI=1S/C13H15N3O2/c1-9(2)16-8-7-15-12(13(16)17)18-11-5-3-10(14)4-6-11/h3-9H,14H2,1-2H3. The highest BCUT2D eigenvalue weighted by molar-refractivity contribution is 5.42. The lowest BCUT2D eigenvalue weighted by atomic mass is 10.3. The molecule has 2 N–H and O–H groups in total. The third-order valence-corrected chi connectivity index (χ3v) is 2.49. The highest BCUT2D eigenvalue weighted by Crippen LogP contribution is 2.18. The van der Waals surface area contributed by atoms with Gasteiger partial charge >= 0.3 is 5.56 Å².